The second-order valence-electron chi connectivity index (χ2n) is 5.64. The summed E-state index contributed by atoms with van der Waals surface area (Å²) < 4.78 is 5.67. The van der Waals surface area contributed by atoms with E-state index in [2.05, 4.69) is 18.7 Å². The van der Waals surface area contributed by atoms with Gasteiger partial charge in [-0.15, -0.1) is 0 Å². The van der Waals surface area contributed by atoms with E-state index in [-0.39, 0.29) is 6.10 Å². The monoisotopic (exact) mass is 271 g/mol. The second kappa shape index (κ2) is 5.38. The highest BCUT2D eigenvalue weighted by molar-refractivity contribution is 5.90. The van der Waals surface area contributed by atoms with Crippen LogP contribution in [0.15, 0.2) is 30.3 Å². The van der Waals surface area contributed by atoms with Crippen LogP contribution in [0.4, 0.5) is 5.69 Å². The van der Waals surface area contributed by atoms with Gasteiger partial charge in [-0.1, -0.05) is 18.2 Å². The number of rotatable bonds is 2. The first-order valence-corrected chi connectivity index (χ1v) is 7.13. The third-order valence-corrected chi connectivity index (χ3v) is 3.90. The number of hydrogen-bond donors (Lipinski definition) is 1. The molecule has 1 fully saturated rings. The van der Waals surface area contributed by atoms with Crippen LogP contribution in [0.25, 0.3) is 10.9 Å². The van der Waals surface area contributed by atoms with Crippen molar-refractivity contribution in [1.29, 1.82) is 0 Å². The topological polar surface area (TPSA) is 51.4 Å². The number of ether oxygens (including phenoxy) is 1. The smallest absolute Gasteiger partial charge is 0.0726 e. The fourth-order valence-corrected chi connectivity index (χ4v) is 2.74. The van der Waals surface area contributed by atoms with Crippen LogP contribution in [0.3, 0.4) is 0 Å². The quantitative estimate of drug-likeness (QED) is 0.911. The van der Waals surface area contributed by atoms with Crippen molar-refractivity contribution in [2.24, 2.45) is 0 Å². The van der Waals surface area contributed by atoms with Crippen LogP contribution < -0.4 is 5.73 Å². The van der Waals surface area contributed by atoms with Crippen molar-refractivity contribution in [2.45, 2.75) is 32.5 Å². The number of nitrogens with zero attached hydrogens (tertiary/aromatic N) is 2. The predicted octanol–water partition coefficient (Wildman–Crippen LogP) is 2.43. The Bertz CT molecular complexity index is 614. The van der Waals surface area contributed by atoms with E-state index >= 15 is 0 Å². The van der Waals surface area contributed by atoms with Crippen molar-refractivity contribution in [3.63, 3.8) is 0 Å². The van der Waals surface area contributed by atoms with Gasteiger partial charge < -0.3 is 10.5 Å². The number of benzene rings is 1. The summed E-state index contributed by atoms with van der Waals surface area (Å²) in [5.41, 5.74) is 8.94. The maximum atomic E-state index is 6.14. The minimum Gasteiger partial charge on any atom is -0.398 e. The summed E-state index contributed by atoms with van der Waals surface area (Å²) in [6, 6.07) is 10.4. The molecule has 106 valence electrons. The van der Waals surface area contributed by atoms with E-state index < -0.39 is 0 Å². The zero-order valence-corrected chi connectivity index (χ0v) is 12.0. The zero-order chi connectivity index (χ0) is 14.1. The van der Waals surface area contributed by atoms with Crippen molar-refractivity contribution in [1.82, 2.24) is 9.88 Å². The molecular weight excluding hydrogens is 250 g/mol. The number of hydrogen-bond acceptors (Lipinski definition) is 4. The van der Waals surface area contributed by atoms with Gasteiger partial charge in [0.05, 0.1) is 23.9 Å². The number of nitrogens with two attached hydrogens (primary N) is 1. The van der Waals surface area contributed by atoms with E-state index in [1.165, 1.54) is 0 Å². The van der Waals surface area contributed by atoms with Crippen LogP contribution >= 0.6 is 0 Å². The van der Waals surface area contributed by atoms with Gasteiger partial charge >= 0.3 is 0 Å². The van der Waals surface area contributed by atoms with Crippen molar-refractivity contribution >= 4 is 16.6 Å². The summed E-state index contributed by atoms with van der Waals surface area (Å²) in [6.07, 6.45) is 0.281. The molecule has 20 heavy (non-hydrogen) atoms. The molecule has 1 aromatic heterocycles. The Hall–Kier alpha value is -1.65. The fraction of sp³-hybridized carbons (Fsp3) is 0.438. The molecule has 2 unspecified atom stereocenters. The van der Waals surface area contributed by atoms with Crippen molar-refractivity contribution in [2.75, 3.05) is 18.9 Å². The zero-order valence-electron chi connectivity index (χ0n) is 12.0. The molecule has 0 saturated carbocycles. The van der Waals surface area contributed by atoms with Gasteiger partial charge in [-0.2, -0.15) is 0 Å². The lowest BCUT2D eigenvalue weighted by Crippen LogP contribution is -2.46. The molecule has 2 atom stereocenters. The minimum absolute atomic E-state index is 0.281. The van der Waals surface area contributed by atoms with Crippen LogP contribution in [-0.4, -0.2) is 35.2 Å². The molecule has 2 N–H and O–H groups in total. The standard InChI is InChI=1S/C16H21N3O/c1-11-10-20-12(2)8-19(11)9-13-7-15(17)14-5-3-4-6-16(14)18-13/h3-7,11-12H,8-10H2,1-2H3,(H2,17,18). The highest BCUT2D eigenvalue weighted by atomic mass is 16.5. The Morgan fingerprint density at radius 1 is 1.35 bits per heavy atom. The molecule has 1 aromatic carbocycles. The third-order valence-electron chi connectivity index (χ3n) is 3.90. The summed E-state index contributed by atoms with van der Waals surface area (Å²) in [4.78, 5) is 7.13. The average Bonchev–Trinajstić information content (AvgIpc) is 2.43. The first-order valence-electron chi connectivity index (χ1n) is 7.13. The van der Waals surface area contributed by atoms with E-state index in [1.54, 1.807) is 0 Å². The molecule has 0 aliphatic carbocycles. The number of pyridine rings is 1. The number of aromatic nitrogens is 1. The summed E-state index contributed by atoms with van der Waals surface area (Å²) in [7, 11) is 0. The van der Waals surface area contributed by atoms with Crippen LogP contribution in [0.2, 0.25) is 0 Å². The van der Waals surface area contributed by atoms with Crippen molar-refractivity contribution in [3.8, 4) is 0 Å². The lowest BCUT2D eigenvalue weighted by atomic mass is 10.1. The second-order valence-corrected chi connectivity index (χ2v) is 5.64. The Balaban J connectivity index is 1.87. The maximum absolute atomic E-state index is 6.14. The van der Waals surface area contributed by atoms with Crippen LogP contribution in [0.5, 0.6) is 0 Å². The number of nitrogen functional groups attached to an aromatic ring is 1. The molecule has 3 rings (SSSR count). The van der Waals surface area contributed by atoms with E-state index in [4.69, 9.17) is 15.5 Å². The van der Waals surface area contributed by atoms with Crippen LogP contribution in [0, 0.1) is 0 Å². The highest BCUT2D eigenvalue weighted by Crippen LogP contribution is 2.22. The van der Waals surface area contributed by atoms with E-state index in [0.717, 1.165) is 42.0 Å². The lowest BCUT2D eigenvalue weighted by molar-refractivity contribution is -0.0530. The predicted molar refractivity (Wildman–Crippen MR) is 81.4 cm³/mol. The van der Waals surface area contributed by atoms with Gasteiger partial charge in [0.25, 0.3) is 0 Å². The number of fused-ring (bicyclic) bond motifs is 1. The number of anilines is 1. The Kier molecular flexibility index (Phi) is 3.59. The average molecular weight is 271 g/mol. The largest absolute Gasteiger partial charge is 0.398 e. The van der Waals surface area contributed by atoms with Crippen molar-refractivity contribution < 1.29 is 4.74 Å². The maximum Gasteiger partial charge on any atom is 0.0726 e. The van der Waals surface area contributed by atoms with Gasteiger partial charge in [0.2, 0.25) is 0 Å². The molecule has 2 heterocycles. The van der Waals surface area contributed by atoms with Gasteiger partial charge in [-0.05, 0) is 26.0 Å². The van der Waals surface area contributed by atoms with E-state index in [1.807, 2.05) is 30.3 Å². The van der Waals surface area contributed by atoms with Crippen LogP contribution in [-0.2, 0) is 11.3 Å². The molecule has 0 amide bonds. The lowest BCUT2D eigenvalue weighted by Gasteiger charge is -2.36. The van der Waals surface area contributed by atoms with E-state index in [0.29, 0.717) is 6.04 Å². The molecule has 4 nitrogen and oxygen atoms in total. The first-order chi connectivity index (χ1) is 9.63. The minimum atomic E-state index is 0.281. The molecular formula is C16H21N3O. The number of morpholine rings is 1. The Morgan fingerprint density at radius 3 is 3.00 bits per heavy atom. The van der Waals surface area contributed by atoms with Gasteiger partial charge in [0.15, 0.2) is 0 Å². The summed E-state index contributed by atoms with van der Waals surface area (Å²) >= 11 is 0. The molecule has 0 spiro atoms. The van der Waals surface area contributed by atoms with Gasteiger partial charge in [0.1, 0.15) is 0 Å². The van der Waals surface area contributed by atoms with Gasteiger partial charge in [-0.25, -0.2) is 0 Å². The Morgan fingerprint density at radius 2 is 2.15 bits per heavy atom. The summed E-state index contributed by atoms with van der Waals surface area (Å²) in [5, 5.41) is 1.03. The highest BCUT2D eigenvalue weighted by Gasteiger charge is 2.23. The summed E-state index contributed by atoms with van der Waals surface area (Å²) in [5.74, 6) is 0. The molecule has 1 saturated heterocycles. The third kappa shape index (κ3) is 2.62. The molecule has 1 aliphatic heterocycles. The van der Waals surface area contributed by atoms with Crippen molar-refractivity contribution in [3.05, 3.63) is 36.0 Å². The number of para-hydroxylation sites is 1. The Labute approximate surface area is 119 Å². The van der Waals surface area contributed by atoms with Gasteiger partial charge in [-0.3, -0.25) is 9.88 Å². The fourth-order valence-electron chi connectivity index (χ4n) is 2.74. The normalized spacial score (nSPS) is 24.1. The molecule has 1 aliphatic rings. The SMILES string of the molecule is CC1CN(Cc2cc(N)c3ccccc3n2)C(C)CO1. The molecule has 0 bridgehead atoms. The first kappa shape index (κ1) is 13.3. The molecule has 2 aromatic rings. The summed E-state index contributed by atoms with van der Waals surface area (Å²) in [6.45, 7) is 6.85. The van der Waals surface area contributed by atoms with E-state index in [9.17, 15) is 0 Å². The van der Waals surface area contributed by atoms with Crippen LogP contribution in [0.1, 0.15) is 19.5 Å². The van der Waals surface area contributed by atoms with Gasteiger partial charge in [0, 0.05) is 30.2 Å². The molecule has 4 heteroatoms. The molecule has 0 radical (unpaired) electrons.